The lowest BCUT2D eigenvalue weighted by Crippen LogP contribution is -2.10. The van der Waals surface area contributed by atoms with Crippen molar-refractivity contribution < 1.29 is 9.66 Å². The van der Waals surface area contributed by atoms with Gasteiger partial charge in [-0.3, -0.25) is 0 Å². The number of ether oxygens (including phenoxy) is 1. The van der Waals surface area contributed by atoms with Crippen molar-refractivity contribution in [3.05, 3.63) is 64.1 Å². The molecule has 10 nitrogen and oxygen atoms in total. The van der Waals surface area contributed by atoms with Crippen LogP contribution < -0.4 is 15.8 Å². The molecule has 3 N–H and O–H groups in total. The van der Waals surface area contributed by atoms with Crippen LogP contribution in [0.15, 0.2) is 42.6 Å². The van der Waals surface area contributed by atoms with Gasteiger partial charge in [0.25, 0.3) is 0 Å². The second-order valence-corrected chi connectivity index (χ2v) is 5.44. The van der Waals surface area contributed by atoms with E-state index in [4.69, 9.17) is 10.5 Å². The predicted molar refractivity (Wildman–Crippen MR) is 98.6 cm³/mol. The molecule has 10 heteroatoms. The molecule has 27 heavy (non-hydrogen) atoms. The zero-order valence-electron chi connectivity index (χ0n) is 14.5. The fraction of sp³-hybridized carbons (Fsp3) is 0.176. The maximum atomic E-state index is 11.0. The Morgan fingerprint density at radius 1 is 1.19 bits per heavy atom. The Hall–Kier alpha value is -3.82. The van der Waals surface area contributed by atoms with E-state index in [1.807, 2.05) is 31.2 Å². The molecule has 0 bridgehead atoms. The third-order valence-electron chi connectivity index (χ3n) is 3.62. The van der Waals surface area contributed by atoms with Gasteiger partial charge >= 0.3 is 5.82 Å². The minimum atomic E-state index is -0.619. The maximum Gasteiger partial charge on any atom is 0.406 e. The van der Waals surface area contributed by atoms with Crippen LogP contribution in [0, 0.1) is 10.1 Å². The number of nitrogens with one attached hydrogen (secondary N) is 1. The summed E-state index contributed by atoms with van der Waals surface area (Å²) in [6.07, 6.45) is 2.16. The van der Waals surface area contributed by atoms with E-state index < -0.39 is 4.92 Å². The highest BCUT2D eigenvalue weighted by atomic mass is 16.6. The molecule has 138 valence electrons. The highest BCUT2D eigenvalue weighted by molar-refractivity contribution is 5.58. The zero-order chi connectivity index (χ0) is 19.2. The van der Waals surface area contributed by atoms with Crippen molar-refractivity contribution in [2.45, 2.75) is 20.0 Å². The Bertz CT molecular complexity index is 965. The lowest BCUT2D eigenvalue weighted by Gasteiger charge is -2.11. The largest absolute Gasteiger partial charge is 0.477 e. The second kappa shape index (κ2) is 8.04. The molecule has 3 aromatic rings. The van der Waals surface area contributed by atoms with Crippen molar-refractivity contribution in [3.8, 4) is 5.75 Å². The smallest absolute Gasteiger partial charge is 0.406 e. The van der Waals surface area contributed by atoms with E-state index in [9.17, 15) is 10.1 Å². The van der Waals surface area contributed by atoms with Crippen LogP contribution in [0.25, 0.3) is 0 Å². The van der Waals surface area contributed by atoms with Gasteiger partial charge in [0.05, 0.1) is 0 Å². The molecule has 3 rings (SSSR count). The molecular formula is C17H17N7O3. The van der Waals surface area contributed by atoms with E-state index in [1.54, 1.807) is 6.07 Å². The van der Waals surface area contributed by atoms with Gasteiger partial charge < -0.3 is 25.9 Å². The number of para-hydroxylation sites is 1. The van der Waals surface area contributed by atoms with Crippen LogP contribution in [0.2, 0.25) is 0 Å². The molecule has 0 aliphatic carbocycles. The molecule has 0 atom stereocenters. The van der Waals surface area contributed by atoms with E-state index in [1.165, 1.54) is 12.3 Å². The topological polar surface area (TPSA) is 142 Å². The molecule has 0 saturated heterocycles. The number of benzene rings is 1. The number of rotatable bonds is 7. The summed E-state index contributed by atoms with van der Waals surface area (Å²) in [4.78, 5) is 26.4. The highest BCUT2D eigenvalue weighted by Crippen LogP contribution is 2.24. The number of nitrogens with zero attached hydrogens (tertiary/aromatic N) is 5. The van der Waals surface area contributed by atoms with Crippen molar-refractivity contribution in [2.75, 3.05) is 11.1 Å². The highest BCUT2D eigenvalue weighted by Gasteiger charge is 2.16. The van der Waals surface area contributed by atoms with Crippen LogP contribution in [0.1, 0.15) is 18.3 Å². The van der Waals surface area contributed by atoms with Gasteiger partial charge in [-0.2, -0.15) is 15.0 Å². The number of hydrogen-bond acceptors (Lipinski definition) is 9. The summed E-state index contributed by atoms with van der Waals surface area (Å²) < 4.78 is 5.45. The van der Waals surface area contributed by atoms with Crippen LogP contribution in [0.3, 0.4) is 0 Å². The quantitative estimate of drug-likeness (QED) is 0.476. The van der Waals surface area contributed by atoms with Gasteiger partial charge in [0.15, 0.2) is 5.82 Å². The van der Waals surface area contributed by atoms with Crippen molar-refractivity contribution in [2.24, 2.45) is 0 Å². The number of pyridine rings is 1. The number of anilines is 3. The summed E-state index contributed by atoms with van der Waals surface area (Å²) in [5.41, 5.74) is 7.71. The van der Waals surface area contributed by atoms with E-state index >= 15 is 0 Å². The molecule has 0 radical (unpaired) electrons. The van der Waals surface area contributed by atoms with Crippen LogP contribution in [0.5, 0.6) is 5.75 Å². The summed E-state index contributed by atoms with van der Waals surface area (Å²) in [5.74, 6) is 0.155. The molecule has 2 aromatic heterocycles. The molecule has 0 unspecified atom stereocenters. The summed E-state index contributed by atoms with van der Waals surface area (Å²) in [7, 11) is 0. The van der Waals surface area contributed by atoms with E-state index in [0.717, 1.165) is 17.7 Å². The lowest BCUT2D eigenvalue weighted by molar-refractivity contribution is -0.390. The van der Waals surface area contributed by atoms with Gasteiger partial charge in [-0.1, -0.05) is 25.1 Å². The molecule has 2 heterocycles. The molecule has 0 amide bonds. The first kappa shape index (κ1) is 18.0. The second-order valence-electron chi connectivity index (χ2n) is 5.44. The predicted octanol–water partition coefficient (Wildman–Crippen LogP) is 2.64. The summed E-state index contributed by atoms with van der Waals surface area (Å²) in [6, 6.07) is 10.8. The standard InChI is InChI=1S/C17H17N7O3/c1-2-11-6-3-4-7-12(11)20-17-22-14(21-16(18)23-17)10-27-13-8-5-9-19-15(13)24(25)26/h3-9H,2,10H2,1H3,(H3,18,20,21,22,23). The normalized spacial score (nSPS) is 10.4. The summed E-state index contributed by atoms with van der Waals surface area (Å²) in [5, 5.41) is 14.1. The van der Waals surface area contributed by atoms with Gasteiger partial charge in [-0.25, -0.2) is 0 Å². The Balaban J connectivity index is 1.79. The fourth-order valence-electron chi connectivity index (χ4n) is 2.40. The van der Waals surface area contributed by atoms with Crippen LogP contribution in [-0.2, 0) is 13.0 Å². The first-order chi connectivity index (χ1) is 13.1. The van der Waals surface area contributed by atoms with Crippen molar-refractivity contribution in [1.29, 1.82) is 0 Å². The SMILES string of the molecule is CCc1ccccc1Nc1nc(N)nc(COc2cccnc2[N+](=O)[O-])n1. The van der Waals surface area contributed by atoms with Gasteiger partial charge in [-0.05, 0) is 40.1 Å². The van der Waals surface area contributed by atoms with Gasteiger partial charge in [0.1, 0.15) is 12.8 Å². The molecule has 1 aromatic carbocycles. The monoisotopic (exact) mass is 367 g/mol. The molecule has 0 saturated carbocycles. The first-order valence-electron chi connectivity index (χ1n) is 8.14. The van der Waals surface area contributed by atoms with Crippen LogP contribution in [0.4, 0.5) is 23.4 Å². The van der Waals surface area contributed by atoms with Crippen LogP contribution in [-0.4, -0.2) is 24.9 Å². The van der Waals surface area contributed by atoms with E-state index in [-0.39, 0.29) is 35.9 Å². The molecule has 0 fully saturated rings. The number of nitro groups is 1. The van der Waals surface area contributed by atoms with Gasteiger partial charge in [-0.15, -0.1) is 0 Å². The third kappa shape index (κ3) is 4.42. The van der Waals surface area contributed by atoms with Crippen LogP contribution >= 0.6 is 0 Å². The first-order valence-corrected chi connectivity index (χ1v) is 8.14. The zero-order valence-corrected chi connectivity index (χ0v) is 14.5. The number of aromatic nitrogens is 4. The average molecular weight is 367 g/mol. The number of aryl methyl sites for hydroxylation is 1. The lowest BCUT2D eigenvalue weighted by atomic mass is 10.1. The summed E-state index contributed by atoms with van der Waals surface area (Å²) in [6.45, 7) is 1.92. The molecular weight excluding hydrogens is 350 g/mol. The molecule has 0 aliphatic heterocycles. The number of nitrogen functional groups attached to an aromatic ring is 1. The van der Waals surface area contributed by atoms with Crippen molar-refractivity contribution >= 4 is 23.4 Å². The average Bonchev–Trinajstić information content (AvgIpc) is 2.66. The molecule has 0 aliphatic rings. The Kier molecular flexibility index (Phi) is 5.36. The summed E-state index contributed by atoms with van der Waals surface area (Å²) >= 11 is 0. The van der Waals surface area contributed by atoms with E-state index in [0.29, 0.717) is 0 Å². The maximum absolute atomic E-state index is 11.0. The number of hydrogen-bond donors (Lipinski definition) is 2. The Morgan fingerprint density at radius 3 is 2.78 bits per heavy atom. The minimum Gasteiger partial charge on any atom is -0.477 e. The van der Waals surface area contributed by atoms with Crippen molar-refractivity contribution in [3.63, 3.8) is 0 Å². The molecule has 0 spiro atoms. The Labute approximate surface area is 154 Å². The third-order valence-corrected chi connectivity index (χ3v) is 3.62. The Morgan fingerprint density at radius 2 is 2.00 bits per heavy atom. The van der Waals surface area contributed by atoms with Gasteiger partial charge in [0, 0.05) is 5.69 Å². The van der Waals surface area contributed by atoms with Crippen molar-refractivity contribution in [1.82, 2.24) is 19.9 Å². The number of nitrogens with two attached hydrogens (primary N) is 1. The minimum absolute atomic E-state index is 0.0146. The van der Waals surface area contributed by atoms with Gasteiger partial charge in [0.2, 0.25) is 17.6 Å². The van der Waals surface area contributed by atoms with E-state index in [2.05, 4.69) is 25.3 Å². The fourth-order valence-corrected chi connectivity index (χ4v) is 2.40.